The molecule has 2 rings (SSSR count). The maximum atomic E-state index is 11.8. The maximum Gasteiger partial charge on any atom is 0.344 e. The summed E-state index contributed by atoms with van der Waals surface area (Å²) in [5.74, 6) is 1.42. The van der Waals surface area contributed by atoms with Gasteiger partial charge in [-0.05, 0) is 80.8 Å². The number of hydrogen-bond donors (Lipinski definition) is 1. The zero-order valence-electron chi connectivity index (χ0n) is 17.6. The third-order valence-electron chi connectivity index (χ3n) is 4.72. The highest BCUT2D eigenvalue weighted by atomic mass is 16.6. The van der Waals surface area contributed by atoms with Gasteiger partial charge in [0.15, 0.2) is 6.61 Å². The number of ether oxygens (including phenoxy) is 2. The molecule has 0 aliphatic rings. The average molecular weight is 385 g/mol. The van der Waals surface area contributed by atoms with Gasteiger partial charge in [-0.3, -0.25) is 0 Å². The molecule has 4 heteroatoms. The zero-order chi connectivity index (χ0) is 20.7. The Hall–Kier alpha value is -2.49. The van der Waals surface area contributed by atoms with E-state index in [4.69, 9.17) is 9.47 Å². The van der Waals surface area contributed by atoms with Crippen LogP contribution in [-0.2, 0) is 9.53 Å². The van der Waals surface area contributed by atoms with Crippen molar-refractivity contribution in [2.75, 3.05) is 6.61 Å². The van der Waals surface area contributed by atoms with Crippen LogP contribution < -0.4 is 4.74 Å². The van der Waals surface area contributed by atoms with Gasteiger partial charge in [0.05, 0.1) is 0 Å². The van der Waals surface area contributed by atoms with Crippen molar-refractivity contribution < 1.29 is 19.4 Å². The highest BCUT2D eigenvalue weighted by Crippen LogP contribution is 2.33. The van der Waals surface area contributed by atoms with Gasteiger partial charge in [-0.25, -0.2) is 4.79 Å². The smallest absolute Gasteiger partial charge is 0.344 e. The summed E-state index contributed by atoms with van der Waals surface area (Å²) in [7, 11) is 0. The van der Waals surface area contributed by atoms with E-state index < -0.39 is 5.60 Å². The molecule has 0 aliphatic heterocycles. The van der Waals surface area contributed by atoms with Crippen molar-refractivity contribution in [3.05, 3.63) is 59.7 Å². The number of esters is 1. The normalized spacial score (nSPS) is 13.6. The van der Waals surface area contributed by atoms with Crippen LogP contribution in [0, 0.1) is 0 Å². The van der Waals surface area contributed by atoms with Gasteiger partial charge >= 0.3 is 5.97 Å². The largest absolute Gasteiger partial charge is 0.508 e. The minimum absolute atomic E-state index is 0.0916. The molecule has 0 saturated carbocycles. The van der Waals surface area contributed by atoms with Crippen LogP contribution >= 0.6 is 0 Å². The van der Waals surface area contributed by atoms with Crippen LogP contribution in [-0.4, -0.2) is 23.3 Å². The van der Waals surface area contributed by atoms with E-state index in [1.54, 1.807) is 12.1 Å². The molecule has 0 aliphatic carbocycles. The molecule has 0 bridgehead atoms. The first-order valence-electron chi connectivity index (χ1n) is 9.91. The van der Waals surface area contributed by atoms with Gasteiger partial charge < -0.3 is 14.6 Å². The Balaban J connectivity index is 1.94. The number of hydrogen-bond acceptors (Lipinski definition) is 4. The first kappa shape index (κ1) is 21.8. The fraction of sp³-hybridized carbons (Fsp3) is 0.458. The fourth-order valence-corrected chi connectivity index (χ4v) is 3.25. The van der Waals surface area contributed by atoms with Gasteiger partial charge in [0.1, 0.15) is 17.1 Å². The van der Waals surface area contributed by atoms with Crippen LogP contribution in [0.1, 0.15) is 70.4 Å². The minimum atomic E-state index is -0.507. The molecule has 0 radical (unpaired) electrons. The lowest BCUT2D eigenvalue weighted by Crippen LogP contribution is -2.27. The highest BCUT2D eigenvalue weighted by Gasteiger charge is 2.17. The Bertz CT molecular complexity index is 742. The second-order valence-electron chi connectivity index (χ2n) is 8.28. The summed E-state index contributed by atoms with van der Waals surface area (Å²) in [6, 6.07) is 15.4. The van der Waals surface area contributed by atoms with E-state index in [1.165, 1.54) is 11.1 Å². The quantitative estimate of drug-likeness (QED) is 0.584. The number of aromatic hydroxyl groups is 1. The lowest BCUT2D eigenvalue weighted by atomic mass is 9.84. The summed E-state index contributed by atoms with van der Waals surface area (Å²) < 4.78 is 10.8. The van der Waals surface area contributed by atoms with Crippen LogP contribution in [0.3, 0.4) is 0 Å². The van der Waals surface area contributed by atoms with E-state index in [2.05, 4.69) is 26.0 Å². The summed E-state index contributed by atoms with van der Waals surface area (Å²) in [5, 5.41) is 9.46. The van der Waals surface area contributed by atoms with Crippen molar-refractivity contribution in [1.82, 2.24) is 0 Å². The van der Waals surface area contributed by atoms with Gasteiger partial charge in [0, 0.05) is 0 Å². The van der Waals surface area contributed by atoms with E-state index >= 15 is 0 Å². The van der Waals surface area contributed by atoms with Crippen molar-refractivity contribution in [3.8, 4) is 11.5 Å². The van der Waals surface area contributed by atoms with E-state index in [0.29, 0.717) is 23.3 Å². The Morgan fingerprint density at radius 2 is 1.57 bits per heavy atom. The molecule has 28 heavy (non-hydrogen) atoms. The molecule has 4 nitrogen and oxygen atoms in total. The maximum absolute atomic E-state index is 11.8. The van der Waals surface area contributed by atoms with Gasteiger partial charge in [0.25, 0.3) is 0 Å². The molecule has 2 aromatic rings. The molecule has 0 spiro atoms. The Morgan fingerprint density at radius 1 is 1.00 bits per heavy atom. The highest BCUT2D eigenvalue weighted by molar-refractivity contribution is 5.71. The number of benzene rings is 2. The third-order valence-corrected chi connectivity index (χ3v) is 4.72. The van der Waals surface area contributed by atoms with Crippen molar-refractivity contribution >= 4 is 5.97 Å². The summed E-state index contributed by atoms with van der Waals surface area (Å²) >= 11 is 0. The van der Waals surface area contributed by atoms with Gasteiger partial charge in [-0.1, -0.05) is 38.1 Å². The number of carbonyl (C=O) groups excluding carboxylic acids is 1. The predicted molar refractivity (Wildman–Crippen MR) is 112 cm³/mol. The zero-order valence-corrected chi connectivity index (χ0v) is 17.6. The van der Waals surface area contributed by atoms with Crippen molar-refractivity contribution in [2.45, 2.75) is 64.9 Å². The molecule has 2 unspecified atom stereocenters. The van der Waals surface area contributed by atoms with E-state index in [-0.39, 0.29) is 12.6 Å². The van der Waals surface area contributed by atoms with Crippen molar-refractivity contribution in [2.24, 2.45) is 0 Å². The summed E-state index contributed by atoms with van der Waals surface area (Å²) in [6.45, 7) is 9.83. The number of phenols is 1. The summed E-state index contributed by atoms with van der Waals surface area (Å²) in [6.07, 6.45) is 2.07. The monoisotopic (exact) mass is 384 g/mol. The first-order valence-corrected chi connectivity index (χ1v) is 9.91. The molecule has 0 heterocycles. The third kappa shape index (κ3) is 6.91. The molecule has 0 aromatic heterocycles. The van der Waals surface area contributed by atoms with Crippen molar-refractivity contribution in [1.29, 1.82) is 0 Å². The summed E-state index contributed by atoms with van der Waals surface area (Å²) in [4.78, 5) is 11.8. The molecule has 2 atom stereocenters. The molecule has 0 saturated heterocycles. The van der Waals surface area contributed by atoms with Gasteiger partial charge in [-0.15, -0.1) is 0 Å². The second kappa shape index (κ2) is 9.63. The van der Waals surface area contributed by atoms with Crippen molar-refractivity contribution in [3.63, 3.8) is 0 Å². The Morgan fingerprint density at radius 3 is 2.11 bits per heavy atom. The topological polar surface area (TPSA) is 55.8 Å². The Kier molecular flexibility index (Phi) is 7.50. The van der Waals surface area contributed by atoms with Gasteiger partial charge in [-0.2, -0.15) is 0 Å². The number of phenolic OH excluding ortho intramolecular Hbond substituents is 1. The molecule has 1 N–H and O–H groups in total. The standard InChI is InChI=1S/C24H32O4/c1-6-18(15-17(2)19-7-11-21(25)12-8-19)20-9-13-22(14-10-20)27-16-23(26)28-24(3,4)5/h7-14,17-18,25H,6,15-16H2,1-5H3. The molecule has 2 aromatic carbocycles. The van der Waals surface area contributed by atoms with Crippen LogP contribution in [0.2, 0.25) is 0 Å². The summed E-state index contributed by atoms with van der Waals surface area (Å²) in [5.41, 5.74) is 1.98. The van der Waals surface area contributed by atoms with Crippen LogP contribution in [0.4, 0.5) is 0 Å². The molecular formula is C24H32O4. The molecule has 0 fully saturated rings. The van der Waals surface area contributed by atoms with Crippen LogP contribution in [0.5, 0.6) is 11.5 Å². The number of carbonyl (C=O) groups is 1. The SMILES string of the molecule is CCC(CC(C)c1ccc(O)cc1)c1ccc(OCC(=O)OC(C)(C)C)cc1. The van der Waals surface area contributed by atoms with Crippen LogP contribution in [0.15, 0.2) is 48.5 Å². The van der Waals surface area contributed by atoms with Crippen LogP contribution in [0.25, 0.3) is 0 Å². The van der Waals surface area contributed by atoms with E-state index in [1.807, 2.05) is 45.0 Å². The number of rotatable bonds is 8. The predicted octanol–water partition coefficient (Wildman–Crippen LogP) is 5.80. The lowest BCUT2D eigenvalue weighted by molar-refractivity contribution is -0.157. The minimum Gasteiger partial charge on any atom is -0.508 e. The second-order valence-corrected chi connectivity index (χ2v) is 8.28. The molecule has 152 valence electrons. The van der Waals surface area contributed by atoms with E-state index in [9.17, 15) is 9.90 Å². The average Bonchev–Trinajstić information content (AvgIpc) is 2.64. The molecular weight excluding hydrogens is 352 g/mol. The molecule has 0 amide bonds. The van der Waals surface area contributed by atoms with E-state index in [0.717, 1.165) is 12.8 Å². The fourth-order valence-electron chi connectivity index (χ4n) is 3.25. The lowest BCUT2D eigenvalue weighted by Gasteiger charge is -2.21. The van der Waals surface area contributed by atoms with Gasteiger partial charge in [0.2, 0.25) is 0 Å². The Labute approximate surface area is 168 Å². The first-order chi connectivity index (χ1) is 13.2.